The first kappa shape index (κ1) is 12.4. The minimum atomic E-state index is -4.53. The van der Waals surface area contributed by atoms with Crippen molar-refractivity contribution in [3.05, 3.63) is 0 Å². The molecule has 6 nitrogen and oxygen atoms in total. The molecule has 1 amide bonds. The molecule has 0 radical (unpaired) electrons. The van der Waals surface area contributed by atoms with E-state index >= 15 is 0 Å². The summed E-state index contributed by atoms with van der Waals surface area (Å²) < 4.78 is 29.5. The number of rotatable bonds is 3. The van der Waals surface area contributed by atoms with E-state index in [0.717, 1.165) is 19.3 Å². The summed E-state index contributed by atoms with van der Waals surface area (Å²) in [6, 6.07) is 0. The van der Waals surface area contributed by atoms with Crippen LogP contribution in [0.2, 0.25) is 0 Å². The van der Waals surface area contributed by atoms with E-state index in [0.29, 0.717) is 13.1 Å². The lowest BCUT2D eigenvalue weighted by Crippen LogP contribution is -2.38. The molecule has 88 valence electrons. The topological polar surface area (TPSA) is 94.9 Å². The number of hydrogen-bond donors (Lipinski definition) is 2. The Hall–Kier alpha value is -0.660. The zero-order chi connectivity index (χ0) is 11.5. The highest BCUT2D eigenvalue weighted by Gasteiger charge is 2.26. The molecule has 1 saturated heterocycles. The third-order valence-electron chi connectivity index (χ3n) is 2.40. The first-order chi connectivity index (χ1) is 6.91. The van der Waals surface area contributed by atoms with Gasteiger partial charge in [-0.15, -0.1) is 0 Å². The van der Waals surface area contributed by atoms with Crippen LogP contribution in [0.4, 0.5) is 0 Å². The smallest absolute Gasteiger partial charge is 0.292 e. The van der Waals surface area contributed by atoms with E-state index in [4.69, 9.17) is 9.66 Å². The number of likely N-dealkylation sites (tertiary alicyclic amines) is 1. The molecule has 1 rings (SSSR count). The molecule has 0 spiro atoms. The third kappa shape index (κ3) is 3.77. The standard InChI is InChI=1S/C8H15NO5S/c10-7(6-8(11)15(12,13)14)9-4-2-1-3-5-9/h8,11H,1-6H2,(H,12,13,14). The molecule has 1 heterocycles. The highest BCUT2D eigenvalue weighted by molar-refractivity contribution is 7.86. The van der Waals surface area contributed by atoms with Gasteiger partial charge in [0.15, 0.2) is 5.44 Å². The number of amides is 1. The Morgan fingerprint density at radius 3 is 2.27 bits per heavy atom. The average Bonchev–Trinajstić information content (AvgIpc) is 2.17. The summed E-state index contributed by atoms with van der Waals surface area (Å²) in [4.78, 5) is 13.0. The number of piperidine rings is 1. The number of nitrogens with zero attached hydrogens (tertiary/aromatic N) is 1. The van der Waals surface area contributed by atoms with Crippen molar-refractivity contribution in [1.29, 1.82) is 0 Å². The van der Waals surface area contributed by atoms with Crippen LogP contribution in [-0.2, 0) is 14.9 Å². The van der Waals surface area contributed by atoms with E-state index < -0.39 is 27.9 Å². The normalized spacial score (nSPS) is 20.0. The Labute approximate surface area is 88.6 Å². The second-order valence-corrected chi connectivity index (χ2v) is 5.19. The second kappa shape index (κ2) is 4.91. The van der Waals surface area contributed by atoms with Crippen LogP contribution >= 0.6 is 0 Å². The van der Waals surface area contributed by atoms with Crippen LogP contribution in [0.15, 0.2) is 0 Å². The van der Waals surface area contributed by atoms with Gasteiger partial charge in [0, 0.05) is 13.1 Å². The predicted molar refractivity (Wildman–Crippen MR) is 52.6 cm³/mol. The summed E-state index contributed by atoms with van der Waals surface area (Å²) in [6.45, 7) is 1.19. The maximum absolute atomic E-state index is 11.4. The van der Waals surface area contributed by atoms with Gasteiger partial charge >= 0.3 is 0 Å². The molecule has 7 heteroatoms. The number of carbonyl (C=O) groups excluding carboxylic acids is 1. The minimum absolute atomic E-state index is 0.431. The van der Waals surface area contributed by atoms with Gasteiger partial charge in [0.05, 0.1) is 6.42 Å². The van der Waals surface area contributed by atoms with Crippen LogP contribution in [0, 0.1) is 0 Å². The van der Waals surface area contributed by atoms with Gasteiger partial charge < -0.3 is 10.0 Å². The van der Waals surface area contributed by atoms with Crippen LogP contribution < -0.4 is 0 Å². The molecule has 0 aromatic heterocycles. The first-order valence-corrected chi connectivity index (χ1v) is 6.34. The van der Waals surface area contributed by atoms with Gasteiger partial charge in [-0.25, -0.2) is 0 Å². The van der Waals surface area contributed by atoms with E-state index in [-0.39, 0.29) is 0 Å². The lowest BCUT2D eigenvalue weighted by Gasteiger charge is -2.27. The fourth-order valence-electron chi connectivity index (χ4n) is 1.53. The second-order valence-electron chi connectivity index (χ2n) is 3.62. The fourth-order valence-corrected chi connectivity index (χ4v) is 1.88. The van der Waals surface area contributed by atoms with E-state index in [1.165, 1.54) is 4.90 Å². The van der Waals surface area contributed by atoms with Crippen molar-refractivity contribution in [2.75, 3.05) is 13.1 Å². The van der Waals surface area contributed by atoms with Crippen molar-refractivity contribution in [3.63, 3.8) is 0 Å². The molecule has 0 aromatic rings. The van der Waals surface area contributed by atoms with Gasteiger partial charge in [0.25, 0.3) is 10.1 Å². The van der Waals surface area contributed by atoms with Crippen molar-refractivity contribution in [2.24, 2.45) is 0 Å². The largest absolute Gasteiger partial charge is 0.375 e. The maximum Gasteiger partial charge on any atom is 0.292 e. The van der Waals surface area contributed by atoms with Gasteiger partial charge in [0.1, 0.15) is 0 Å². The Morgan fingerprint density at radius 1 is 1.27 bits per heavy atom. The van der Waals surface area contributed by atoms with E-state index in [9.17, 15) is 13.2 Å². The van der Waals surface area contributed by atoms with Crippen molar-refractivity contribution >= 4 is 16.0 Å². The minimum Gasteiger partial charge on any atom is -0.375 e. The number of carbonyl (C=O) groups is 1. The maximum atomic E-state index is 11.4. The molecule has 2 N–H and O–H groups in total. The molecular weight excluding hydrogens is 222 g/mol. The van der Waals surface area contributed by atoms with Crippen LogP contribution in [0.25, 0.3) is 0 Å². The molecule has 1 atom stereocenters. The molecule has 1 aliphatic rings. The summed E-state index contributed by atoms with van der Waals surface area (Å²) in [5.41, 5.74) is -2.01. The molecule has 0 aromatic carbocycles. The van der Waals surface area contributed by atoms with Crippen LogP contribution in [-0.4, -0.2) is 47.4 Å². The van der Waals surface area contributed by atoms with Gasteiger partial charge in [-0.2, -0.15) is 8.42 Å². The Morgan fingerprint density at radius 2 is 1.80 bits per heavy atom. The van der Waals surface area contributed by atoms with Crippen LogP contribution in [0.3, 0.4) is 0 Å². The SMILES string of the molecule is O=C(CC(O)S(=O)(=O)O)N1CCCCC1. The van der Waals surface area contributed by atoms with Crippen molar-refractivity contribution in [2.45, 2.75) is 31.1 Å². The zero-order valence-electron chi connectivity index (χ0n) is 8.29. The van der Waals surface area contributed by atoms with Gasteiger partial charge in [0.2, 0.25) is 5.91 Å². The fraction of sp³-hybridized carbons (Fsp3) is 0.875. The Bertz CT molecular complexity index is 320. The van der Waals surface area contributed by atoms with Crippen molar-refractivity contribution in [3.8, 4) is 0 Å². The Kier molecular flexibility index (Phi) is 4.06. The zero-order valence-corrected chi connectivity index (χ0v) is 9.11. The average molecular weight is 237 g/mol. The summed E-state index contributed by atoms with van der Waals surface area (Å²) >= 11 is 0. The summed E-state index contributed by atoms with van der Waals surface area (Å²) in [5, 5.41) is 9.00. The summed E-state index contributed by atoms with van der Waals surface area (Å²) in [6.07, 6.45) is 2.28. The lowest BCUT2D eigenvalue weighted by atomic mass is 10.1. The monoisotopic (exact) mass is 237 g/mol. The van der Waals surface area contributed by atoms with Gasteiger partial charge in [-0.1, -0.05) is 0 Å². The molecule has 1 fully saturated rings. The number of aliphatic hydroxyl groups is 1. The highest BCUT2D eigenvalue weighted by atomic mass is 32.2. The quantitative estimate of drug-likeness (QED) is 0.651. The third-order valence-corrected chi connectivity index (χ3v) is 3.26. The summed E-state index contributed by atoms with van der Waals surface area (Å²) in [5.74, 6) is -0.431. The van der Waals surface area contributed by atoms with Gasteiger partial charge in [-0.05, 0) is 19.3 Å². The molecule has 0 saturated carbocycles. The van der Waals surface area contributed by atoms with Crippen molar-refractivity contribution in [1.82, 2.24) is 4.90 Å². The molecule has 0 bridgehead atoms. The Balaban J connectivity index is 2.47. The van der Waals surface area contributed by atoms with Gasteiger partial charge in [-0.3, -0.25) is 9.35 Å². The van der Waals surface area contributed by atoms with E-state index in [1.807, 2.05) is 0 Å². The molecule has 1 unspecified atom stereocenters. The lowest BCUT2D eigenvalue weighted by molar-refractivity contribution is -0.133. The molecule has 0 aliphatic carbocycles. The van der Waals surface area contributed by atoms with E-state index in [1.54, 1.807) is 0 Å². The van der Waals surface area contributed by atoms with Crippen molar-refractivity contribution < 1.29 is 22.9 Å². The molecular formula is C8H15NO5S. The van der Waals surface area contributed by atoms with Crippen LogP contribution in [0.5, 0.6) is 0 Å². The highest BCUT2D eigenvalue weighted by Crippen LogP contribution is 2.11. The van der Waals surface area contributed by atoms with Crippen LogP contribution in [0.1, 0.15) is 25.7 Å². The molecule has 15 heavy (non-hydrogen) atoms. The predicted octanol–water partition coefficient (Wildman–Crippen LogP) is -0.405. The summed E-state index contributed by atoms with van der Waals surface area (Å²) in [7, 11) is -4.53. The number of aliphatic hydroxyl groups excluding tert-OH is 1. The molecule has 1 aliphatic heterocycles. The first-order valence-electron chi connectivity index (χ1n) is 4.83. The number of hydrogen-bond acceptors (Lipinski definition) is 4. The van der Waals surface area contributed by atoms with E-state index in [2.05, 4.69) is 0 Å².